The molecular formula is C21H31ClN7O2+. The summed E-state index contributed by atoms with van der Waals surface area (Å²) in [5.41, 5.74) is 9.77. The summed E-state index contributed by atoms with van der Waals surface area (Å²) >= 11 is 6.25. The van der Waals surface area contributed by atoms with Crippen LogP contribution in [0.2, 0.25) is 5.15 Å². The molecule has 168 valence electrons. The van der Waals surface area contributed by atoms with Gasteiger partial charge in [0.25, 0.3) is 5.91 Å². The molecule has 0 aromatic carbocycles. The van der Waals surface area contributed by atoms with Gasteiger partial charge in [0.2, 0.25) is 5.91 Å². The predicted octanol–water partition coefficient (Wildman–Crippen LogP) is 0.923. The predicted molar refractivity (Wildman–Crippen MR) is 119 cm³/mol. The molecule has 0 radical (unpaired) electrons. The minimum absolute atomic E-state index is 0.0506. The molecule has 1 aromatic heterocycles. The van der Waals surface area contributed by atoms with Gasteiger partial charge < -0.3 is 16.0 Å². The van der Waals surface area contributed by atoms with E-state index in [1.165, 1.54) is 6.21 Å². The fourth-order valence-corrected chi connectivity index (χ4v) is 4.39. The molecule has 2 unspecified atom stereocenters. The Morgan fingerprint density at radius 3 is 2.77 bits per heavy atom. The highest BCUT2D eigenvalue weighted by Gasteiger charge is 2.27. The van der Waals surface area contributed by atoms with Crippen LogP contribution < -0.4 is 16.5 Å². The first-order valence-corrected chi connectivity index (χ1v) is 11.1. The minimum Gasteiger partial charge on any atom is -0.383 e. The Labute approximate surface area is 187 Å². The number of rotatable bonds is 6. The fraction of sp³-hybridized carbons (Fsp3) is 0.571. The van der Waals surface area contributed by atoms with Gasteiger partial charge in [-0.3, -0.25) is 9.59 Å². The number of quaternary nitrogens is 1. The van der Waals surface area contributed by atoms with Crippen LogP contribution in [0.25, 0.3) is 0 Å². The topological polar surface area (TPSA) is 130 Å². The van der Waals surface area contributed by atoms with Crippen molar-refractivity contribution in [3.63, 3.8) is 0 Å². The number of carbonyl (C=O) groups is 2. The zero-order valence-electron chi connectivity index (χ0n) is 18.3. The van der Waals surface area contributed by atoms with Gasteiger partial charge in [-0.05, 0) is 51.9 Å². The summed E-state index contributed by atoms with van der Waals surface area (Å²) in [6.45, 7) is 6.70. The normalized spacial score (nSPS) is 20.0. The molecule has 0 aliphatic carbocycles. The van der Waals surface area contributed by atoms with Crippen molar-refractivity contribution in [2.24, 2.45) is 11.0 Å². The summed E-state index contributed by atoms with van der Waals surface area (Å²) in [6, 6.07) is -0.582. The van der Waals surface area contributed by atoms with Crippen LogP contribution in [0.3, 0.4) is 0 Å². The van der Waals surface area contributed by atoms with Crippen molar-refractivity contribution in [1.29, 1.82) is 0 Å². The molecule has 3 heterocycles. The van der Waals surface area contributed by atoms with E-state index in [1.54, 1.807) is 19.3 Å². The van der Waals surface area contributed by atoms with Gasteiger partial charge in [-0.2, -0.15) is 5.43 Å². The van der Waals surface area contributed by atoms with Gasteiger partial charge in [-0.1, -0.05) is 16.7 Å². The molecule has 31 heavy (non-hydrogen) atoms. The Kier molecular flexibility index (Phi) is 7.61. The standard InChI is InChI=1S/C21H30ClN7O2/c1-12-17(11-24-28-12)20(30)25-13(2)21(31)29-9-4-5-15(8-10-29)6-7-16-18(22)26-14(3)27-19(16)23/h11,13,15H,4-10H2,1-3H3,(H,24,28)(H,25,30)(H2,23,26,27)/p+1. The molecule has 0 spiro atoms. The second-order valence-corrected chi connectivity index (χ2v) is 8.64. The molecular weight excluding hydrogens is 418 g/mol. The highest BCUT2D eigenvalue weighted by atomic mass is 35.5. The molecule has 10 heteroatoms. The third-order valence-corrected chi connectivity index (χ3v) is 6.23. The molecule has 1 fully saturated rings. The van der Waals surface area contributed by atoms with E-state index in [1.807, 2.05) is 11.8 Å². The number of hydrogen-bond donors (Lipinski definition) is 3. The number of carbonyl (C=O) groups excluding carboxylic acids is 2. The molecule has 5 N–H and O–H groups in total. The number of allylic oxidation sites excluding steroid dienone is 1. The molecule has 2 aliphatic heterocycles. The lowest BCUT2D eigenvalue weighted by Gasteiger charge is -2.25. The Morgan fingerprint density at radius 1 is 1.32 bits per heavy atom. The maximum Gasteiger partial charge on any atom is 0.259 e. The Morgan fingerprint density at radius 2 is 2.10 bits per heavy atom. The zero-order chi connectivity index (χ0) is 22.5. The van der Waals surface area contributed by atoms with E-state index in [0.717, 1.165) is 43.4 Å². The Balaban J connectivity index is 1.51. The summed E-state index contributed by atoms with van der Waals surface area (Å²) in [4.78, 5) is 35.6. The van der Waals surface area contributed by atoms with Crippen molar-refractivity contribution in [2.45, 2.75) is 58.9 Å². The van der Waals surface area contributed by atoms with E-state index in [4.69, 9.17) is 17.3 Å². The molecule has 0 bridgehead atoms. The Bertz CT molecular complexity index is 892. The molecule has 0 saturated carbocycles. The van der Waals surface area contributed by atoms with Gasteiger partial charge in [0, 0.05) is 25.6 Å². The van der Waals surface area contributed by atoms with Crippen molar-refractivity contribution in [3.8, 4) is 0 Å². The Hall–Kier alpha value is -2.52. The van der Waals surface area contributed by atoms with Gasteiger partial charge in [-0.15, -0.1) is 0 Å². The van der Waals surface area contributed by atoms with E-state index < -0.39 is 6.04 Å². The van der Waals surface area contributed by atoms with Crippen molar-refractivity contribution in [3.05, 3.63) is 27.8 Å². The van der Waals surface area contributed by atoms with Gasteiger partial charge >= 0.3 is 0 Å². The third kappa shape index (κ3) is 5.80. The lowest BCUT2D eigenvalue weighted by atomic mass is 9.93. The number of hydrogen-bond acceptors (Lipinski definition) is 6. The fourth-order valence-electron chi connectivity index (χ4n) is 4.08. The van der Waals surface area contributed by atoms with Gasteiger partial charge in [-0.25, -0.2) is 9.97 Å². The average molecular weight is 449 g/mol. The quantitative estimate of drug-likeness (QED) is 0.440. The first-order chi connectivity index (χ1) is 14.8. The summed E-state index contributed by atoms with van der Waals surface area (Å²) in [6.07, 6.45) is 6.04. The number of nitrogen functional groups attached to an aromatic ring is 1. The van der Waals surface area contributed by atoms with Crippen molar-refractivity contribution in [2.75, 3.05) is 18.8 Å². The van der Waals surface area contributed by atoms with Crippen LogP contribution >= 0.6 is 11.6 Å². The van der Waals surface area contributed by atoms with Gasteiger partial charge in [0.15, 0.2) is 0 Å². The second kappa shape index (κ2) is 10.2. The number of halogens is 1. The second-order valence-electron chi connectivity index (χ2n) is 8.29. The number of anilines is 1. The van der Waals surface area contributed by atoms with Crippen LogP contribution in [0, 0.1) is 12.8 Å². The number of nitrogens with one attached hydrogen (secondary N) is 1. The maximum absolute atomic E-state index is 12.9. The molecule has 1 aromatic rings. The number of aromatic nitrogens is 2. The monoisotopic (exact) mass is 448 g/mol. The van der Waals surface area contributed by atoms with Gasteiger partial charge in [0.1, 0.15) is 40.3 Å². The molecule has 9 nitrogen and oxygen atoms in total. The first kappa shape index (κ1) is 23.1. The summed E-state index contributed by atoms with van der Waals surface area (Å²) < 4.78 is 0. The van der Waals surface area contributed by atoms with E-state index in [0.29, 0.717) is 41.4 Å². The minimum atomic E-state index is -0.582. The van der Waals surface area contributed by atoms with Crippen LogP contribution in [-0.4, -0.2) is 52.0 Å². The van der Waals surface area contributed by atoms with E-state index in [-0.39, 0.29) is 11.8 Å². The highest BCUT2D eigenvalue weighted by Crippen LogP contribution is 2.27. The molecule has 2 atom stereocenters. The van der Waals surface area contributed by atoms with Crippen LogP contribution in [0.4, 0.5) is 5.82 Å². The zero-order valence-corrected chi connectivity index (χ0v) is 19.1. The number of nitrogens with two attached hydrogens (primary N) is 2. The van der Waals surface area contributed by atoms with E-state index in [9.17, 15) is 9.59 Å². The highest BCUT2D eigenvalue weighted by molar-refractivity contribution is 6.30. The van der Waals surface area contributed by atoms with Crippen LogP contribution in [0.1, 0.15) is 50.9 Å². The lowest BCUT2D eigenvalue weighted by molar-refractivity contribution is -0.608. The van der Waals surface area contributed by atoms with Crippen molar-refractivity contribution >= 4 is 35.4 Å². The third-order valence-electron chi connectivity index (χ3n) is 5.92. The lowest BCUT2D eigenvalue weighted by Crippen LogP contribution is -2.73. The largest absolute Gasteiger partial charge is 0.383 e. The first-order valence-electron chi connectivity index (χ1n) is 10.7. The van der Waals surface area contributed by atoms with E-state index >= 15 is 0 Å². The van der Waals surface area contributed by atoms with Crippen LogP contribution in [-0.2, 0) is 16.0 Å². The molecule has 2 aliphatic rings. The SMILES string of the molecule is CC1=C(C(=O)NC(C)C(=O)N2CCCC(CCc3c(N)nc(C)nc3Cl)CC2)C=N[NH2+]1. The molecule has 2 amide bonds. The number of nitrogens with zero attached hydrogens (tertiary/aromatic N) is 4. The maximum atomic E-state index is 12.9. The summed E-state index contributed by atoms with van der Waals surface area (Å²) in [5.74, 6) is 1.17. The molecule has 1 saturated heterocycles. The van der Waals surface area contributed by atoms with Crippen LogP contribution in [0.15, 0.2) is 16.4 Å². The molecule has 3 rings (SSSR count). The number of amides is 2. The average Bonchev–Trinajstić information content (AvgIpc) is 3.00. The summed E-state index contributed by atoms with van der Waals surface area (Å²) in [7, 11) is 0. The summed E-state index contributed by atoms with van der Waals surface area (Å²) in [5, 5.41) is 7.21. The number of aryl methyl sites for hydroxylation is 1. The smallest absolute Gasteiger partial charge is 0.259 e. The van der Waals surface area contributed by atoms with E-state index in [2.05, 4.69) is 20.4 Å². The van der Waals surface area contributed by atoms with Crippen molar-refractivity contribution in [1.82, 2.24) is 20.2 Å². The van der Waals surface area contributed by atoms with Crippen molar-refractivity contribution < 1.29 is 15.0 Å². The van der Waals surface area contributed by atoms with Crippen LogP contribution in [0.5, 0.6) is 0 Å². The number of likely N-dealkylation sites (tertiary alicyclic amines) is 1. The van der Waals surface area contributed by atoms with Gasteiger partial charge in [0.05, 0.1) is 0 Å².